The van der Waals surface area contributed by atoms with Gasteiger partial charge >= 0.3 is 0 Å². The van der Waals surface area contributed by atoms with E-state index in [2.05, 4.69) is 22.1 Å². The number of carbonyl (C=O) groups excluding carboxylic acids is 1. The van der Waals surface area contributed by atoms with Crippen LogP contribution in [0, 0.1) is 6.92 Å². The second-order valence-corrected chi connectivity index (χ2v) is 8.35. The average Bonchev–Trinajstić information content (AvgIpc) is 3.18. The maximum absolute atomic E-state index is 12.4. The van der Waals surface area contributed by atoms with Gasteiger partial charge in [0.1, 0.15) is 11.5 Å². The topological polar surface area (TPSA) is 78.3 Å². The van der Waals surface area contributed by atoms with Gasteiger partial charge in [0.2, 0.25) is 5.91 Å². The number of hydrogen-bond donors (Lipinski definition) is 1. The van der Waals surface area contributed by atoms with E-state index in [1.54, 1.807) is 43.5 Å². The summed E-state index contributed by atoms with van der Waals surface area (Å²) in [5.41, 5.74) is 1.74. The summed E-state index contributed by atoms with van der Waals surface area (Å²) >= 11 is 7.56. The van der Waals surface area contributed by atoms with E-state index in [0.29, 0.717) is 34.0 Å². The van der Waals surface area contributed by atoms with Crippen LogP contribution in [0.3, 0.4) is 0 Å². The molecule has 0 saturated carbocycles. The highest BCUT2D eigenvalue weighted by Gasteiger charge is 2.20. The minimum atomic E-state index is -0.399. The number of allylic oxidation sites excluding steroid dienone is 1. The van der Waals surface area contributed by atoms with Gasteiger partial charge in [0.25, 0.3) is 0 Å². The monoisotopic (exact) mass is 472 g/mol. The van der Waals surface area contributed by atoms with Crippen LogP contribution in [-0.4, -0.2) is 33.5 Å². The molecule has 0 spiro atoms. The molecule has 32 heavy (non-hydrogen) atoms. The van der Waals surface area contributed by atoms with Gasteiger partial charge in [-0.05, 0) is 55.8 Å². The second-order valence-electron chi connectivity index (χ2n) is 7.00. The van der Waals surface area contributed by atoms with E-state index in [1.165, 1.54) is 11.8 Å². The number of aromatic nitrogens is 3. The number of halogens is 1. The van der Waals surface area contributed by atoms with Crippen molar-refractivity contribution in [2.24, 2.45) is 0 Å². The summed E-state index contributed by atoms with van der Waals surface area (Å²) in [7, 11) is 1.60. The number of carbonyl (C=O) groups is 1. The Morgan fingerprint density at radius 1 is 1.28 bits per heavy atom. The standard InChI is InChI=1S/C23H25ClN4O3S/c1-5-12-28-22(16(3)31-20-13-15(2)6-11-19(20)24)26-27-23(28)32-14-21(29)25-17-7-9-18(30-4)10-8-17/h5-11,13,16H,1,12,14H2,2-4H3,(H,25,29). The summed E-state index contributed by atoms with van der Waals surface area (Å²) in [5.74, 6) is 1.97. The van der Waals surface area contributed by atoms with Crippen molar-refractivity contribution in [1.82, 2.24) is 14.8 Å². The van der Waals surface area contributed by atoms with Crippen LogP contribution >= 0.6 is 23.4 Å². The maximum Gasteiger partial charge on any atom is 0.234 e. The molecule has 1 N–H and O–H groups in total. The highest BCUT2D eigenvalue weighted by molar-refractivity contribution is 7.99. The van der Waals surface area contributed by atoms with Crippen molar-refractivity contribution in [3.63, 3.8) is 0 Å². The fraction of sp³-hybridized carbons (Fsp3) is 0.261. The number of amides is 1. The Bertz CT molecular complexity index is 1090. The molecule has 1 atom stereocenters. The van der Waals surface area contributed by atoms with Gasteiger partial charge in [-0.1, -0.05) is 35.5 Å². The Balaban J connectivity index is 1.67. The first-order valence-electron chi connectivity index (χ1n) is 9.94. The van der Waals surface area contributed by atoms with E-state index in [4.69, 9.17) is 21.1 Å². The van der Waals surface area contributed by atoms with E-state index < -0.39 is 6.10 Å². The zero-order valence-corrected chi connectivity index (χ0v) is 19.7. The third-order valence-corrected chi connectivity index (χ3v) is 5.80. The lowest BCUT2D eigenvalue weighted by Crippen LogP contribution is -2.15. The summed E-state index contributed by atoms with van der Waals surface area (Å²) in [4.78, 5) is 12.4. The molecule has 0 saturated heterocycles. The van der Waals surface area contributed by atoms with Gasteiger partial charge < -0.3 is 14.8 Å². The number of nitrogens with one attached hydrogen (secondary N) is 1. The summed E-state index contributed by atoms with van der Waals surface area (Å²) in [6, 6.07) is 12.8. The molecule has 1 amide bonds. The first kappa shape index (κ1) is 23.7. The van der Waals surface area contributed by atoms with Gasteiger partial charge in [0.15, 0.2) is 17.1 Å². The fourth-order valence-electron chi connectivity index (χ4n) is 2.95. The highest BCUT2D eigenvalue weighted by atomic mass is 35.5. The predicted molar refractivity (Wildman–Crippen MR) is 128 cm³/mol. The smallest absolute Gasteiger partial charge is 0.234 e. The molecule has 0 radical (unpaired) electrons. The van der Waals surface area contributed by atoms with Crippen LogP contribution in [0.4, 0.5) is 5.69 Å². The molecule has 3 rings (SSSR count). The largest absolute Gasteiger partial charge is 0.497 e. The summed E-state index contributed by atoms with van der Waals surface area (Å²) in [5, 5.41) is 12.5. The second kappa shape index (κ2) is 11.1. The molecular formula is C23H25ClN4O3S. The molecule has 9 heteroatoms. The number of benzene rings is 2. The lowest BCUT2D eigenvalue weighted by Gasteiger charge is -2.17. The van der Waals surface area contributed by atoms with Crippen LogP contribution in [-0.2, 0) is 11.3 Å². The number of hydrogen-bond acceptors (Lipinski definition) is 6. The molecular weight excluding hydrogens is 448 g/mol. The normalized spacial score (nSPS) is 11.6. The van der Waals surface area contributed by atoms with Crippen molar-refractivity contribution in [2.75, 3.05) is 18.2 Å². The third-order valence-electron chi connectivity index (χ3n) is 4.52. The van der Waals surface area contributed by atoms with Crippen molar-refractivity contribution in [1.29, 1.82) is 0 Å². The zero-order chi connectivity index (χ0) is 23.1. The average molecular weight is 473 g/mol. The molecule has 7 nitrogen and oxygen atoms in total. The van der Waals surface area contributed by atoms with Crippen molar-refractivity contribution >= 4 is 35.0 Å². The lowest BCUT2D eigenvalue weighted by molar-refractivity contribution is -0.113. The molecule has 0 aliphatic rings. The molecule has 2 aromatic carbocycles. The van der Waals surface area contributed by atoms with Gasteiger partial charge in [-0.25, -0.2) is 0 Å². The number of anilines is 1. The number of nitrogens with zero attached hydrogens (tertiary/aromatic N) is 3. The van der Waals surface area contributed by atoms with E-state index in [9.17, 15) is 4.79 Å². The fourth-order valence-corrected chi connectivity index (χ4v) is 3.87. The molecule has 0 bridgehead atoms. The first-order valence-corrected chi connectivity index (χ1v) is 11.3. The Morgan fingerprint density at radius 2 is 2.03 bits per heavy atom. The minimum Gasteiger partial charge on any atom is -0.497 e. The Labute approximate surface area is 196 Å². The lowest BCUT2D eigenvalue weighted by atomic mass is 10.2. The van der Waals surface area contributed by atoms with Gasteiger partial charge in [0, 0.05) is 12.2 Å². The van der Waals surface area contributed by atoms with Crippen LogP contribution in [0.1, 0.15) is 24.4 Å². The molecule has 0 aliphatic carbocycles. The Kier molecular flexibility index (Phi) is 8.19. The van der Waals surface area contributed by atoms with E-state index in [0.717, 1.165) is 11.3 Å². The molecule has 0 aliphatic heterocycles. The zero-order valence-electron chi connectivity index (χ0n) is 18.2. The van der Waals surface area contributed by atoms with Crippen LogP contribution in [0.15, 0.2) is 60.3 Å². The van der Waals surface area contributed by atoms with Gasteiger partial charge in [-0.2, -0.15) is 0 Å². The third kappa shape index (κ3) is 6.05. The van der Waals surface area contributed by atoms with Crippen LogP contribution in [0.25, 0.3) is 0 Å². The van der Waals surface area contributed by atoms with E-state index in [1.807, 2.05) is 30.5 Å². The Hall–Kier alpha value is -2.97. The maximum atomic E-state index is 12.4. The van der Waals surface area contributed by atoms with Crippen molar-refractivity contribution in [3.05, 3.63) is 71.5 Å². The minimum absolute atomic E-state index is 0.147. The van der Waals surface area contributed by atoms with Crippen molar-refractivity contribution < 1.29 is 14.3 Å². The van der Waals surface area contributed by atoms with Gasteiger partial charge in [-0.3, -0.25) is 9.36 Å². The van der Waals surface area contributed by atoms with Crippen molar-refractivity contribution in [3.8, 4) is 11.5 Å². The summed E-state index contributed by atoms with van der Waals surface area (Å²) < 4.78 is 13.1. The van der Waals surface area contributed by atoms with Gasteiger partial charge in [0.05, 0.1) is 17.9 Å². The molecule has 1 unspecified atom stereocenters. The van der Waals surface area contributed by atoms with Crippen LogP contribution in [0.2, 0.25) is 5.02 Å². The Morgan fingerprint density at radius 3 is 2.72 bits per heavy atom. The number of methoxy groups -OCH3 is 1. The molecule has 0 fully saturated rings. The van der Waals surface area contributed by atoms with Crippen LogP contribution < -0.4 is 14.8 Å². The molecule has 1 heterocycles. The summed E-state index contributed by atoms with van der Waals surface area (Å²) in [6.45, 7) is 8.16. The van der Waals surface area contributed by atoms with Crippen molar-refractivity contribution in [2.45, 2.75) is 31.7 Å². The number of rotatable bonds is 10. The van der Waals surface area contributed by atoms with E-state index >= 15 is 0 Å². The number of ether oxygens (including phenoxy) is 2. The SMILES string of the molecule is C=CCn1c(SCC(=O)Nc2ccc(OC)cc2)nnc1C(C)Oc1cc(C)ccc1Cl. The predicted octanol–water partition coefficient (Wildman–Crippen LogP) is 5.31. The summed E-state index contributed by atoms with van der Waals surface area (Å²) in [6.07, 6.45) is 1.35. The van der Waals surface area contributed by atoms with Crippen LogP contribution in [0.5, 0.6) is 11.5 Å². The quantitative estimate of drug-likeness (QED) is 0.318. The first-order chi connectivity index (χ1) is 15.4. The molecule has 3 aromatic rings. The number of aryl methyl sites for hydroxylation is 1. The molecule has 168 valence electrons. The highest BCUT2D eigenvalue weighted by Crippen LogP contribution is 2.30. The van der Waals surface area contributed by atoms with E-state index in [-0.39, 0.29) is 11.7 Å². The number of thioether (sulfide) groups is 1. The molecule has 1 aromatic heterocycles. The van der Waals surface area contributed by atoms with Gasteiger partial charge in [-0.15, -0.1) is 16.8 Å².